The van der Waals surface area contributed by atoms with Gasteiger partial charge in [0.05, 0.1) is 22.8 Å². The first kappa shape index (κ1) is 29.4. The van der Waals surface area contributed by atoms with Gasteiger partial charge >= 0.3 is 0 Å². The Morgan fingerprint density at radius 3 is 1.05 bits per heavy atom. The number of rotatable bonds is 2. The maximum absolute atomic E-state index is 13.6. The van der Waals surface area contributed by atoms with E-state index in [1.807, 2.05) is 90.1 Å². The molecule has 4 nitrogen and oxygen atoms in total. The van der Waals surface area contributed by atoms with Crippen LogP contribution in [0.25, 0.3) is 0 Å². The van der Waals surface area contributed by atoms with Gasteiger partial charge in [-0.3, -0.25) is 0 Å². The van der Waals surface area contributed by atoms with Crippen molar-refractivity contribution in [1.29, 1.82) is 0 Å². The van der Waals surface area contributed by atoms with Crippen LogP contribution in [0.2, 0.25) is 0 Å². The molecule has 0 heterocycles. The second-order valence-corrected chi connectivity index (χ2v) is 14.5. The van der Waals surface area contributed by atoms with Crippen molar-refractivity contribution in [1.82, 2.24) is 0 Å². The summed E-state index contributed by atoms with van der Waals surface area (Å²) in [5.74, 6) is -0.149. The second kappa shape index (κ2) is 9.87. The molecule has 0 N–H and O–H groups in total. The first-order valence-electron chi connectivity index (χ1n) is 13.4. The van der Waals surface area contributed by atoms with Crippen molar-refractivity contribution in [2.24, 2.45) is 9.98 Å². The van der Waals surface area contributed by atoms with Crippen molar-refractivity contribution in [2.75, 3.05) is 0 Å². The molecule has 0 atom stereocenters. The van der Waals surface area contributed by atoms with Crippen LogP contribution in [0.3, 0.4) is 0 Å². The third-order valence-electron chi connectivity index (χ3n) is 6.85. The molecule has 0 unspecified atom stereocenters. The Morgan fingerprint density at radius 2 is 0.789 bits per heavy atom. The molecule has 4 heteroatoms. The number of nitrogens with zero attached hydrogens (tertiary/aromatic N) is 2. The van der Waals surface area contributed by atoms with Crippen LogP contribution < -0.4 is 10.2 Å². The van der Waals surface area contributed by atoms with Crippen LogP contribution in [0, 0.1) is 0 Å². The molecular weight excluding hydrogens is 468 g/mol. The minimum atomic E-state index is -0.319. The standard InChI is InChI=1S/C34H46N2O2/c1-31(2,3)21-17-23(33(7,8)9)29(37)27(19-21)35-25-15-13-14-16-26(25)36-28-20-22(32(4,5)6)18-24(30(28)38)34(10,11)12/h13-20,37-38H,1-12H3/p-2. The van der Waals surface area contributed by atoms with E-state index in [9.17, 15) is 10.2 Å². The molecule has 1 aliphatic rings. The van der Waals surface area contributed by atoms with E-state index >= 15 is 0 Å². The lowest BCUT2D eigenvalue weighted by Gasteiger charge is -2.31. The topological polar surface area (TPSA) is 70.8 Å². The Balaban J connectivity index is 2.27. The van der Waals surface area contributed by atoms with Crippen LogP contribution in [-0.2, 0) is 21.7 Å². The normalized spacial score (nSPS) is 17.1. The summed E-state index contributed by atoms with van der Waals surface area (Å²) in [6, 6.07) is 7.83. The zero-order valence-electron chi connectivity index (χ0n) is 25.3. The van der Waals surface area contributed by atoms with Crippen molar-refractivity contribution in [3.63, 3.8) is 0 Å². The van der Waals surface area contributed by atoms with E-state index in [-0.39, 0.29) is 33.2 Å². The van der Waals surface area contributed by atoms with Gasteiger partial charge in [-0.1, -0.05) is 119 Å². The summed E-state index contributed by atoms with van der Waals surface area (Å²) < 4.78 is 0. The Morgan fingerprint density at radius 1 is 0.474 bits per heavy atom. The molecule has 0 amide bonds. The summed E-state index contributed by atoms with van der Waals surface area (Å²) in [5.41, 5.74) is 4.60. The van der Waals surface area contributed by atoms with Gasteiger partial charge in [0.1, 0.15) is 0 Å². The van der Waals surface area contributed by atoms with Gasteiger partial charge in [0.25, 0.3) is 0 Å². The summed E-state index contributed by atoms with van der Waals surface area (Å²) in [6.07, 6.45) is 7.46. The number of hydrogen-bond donors (Lipinski definition) is 0. The predicted molar refractivity (Wildman–Crippen MR) is 159 cm³/mol. The molecule has 1 aliphatic carbocycles. The molecule has 0 fully saturated rings. The summed E-state index contributed by atoms with van der Waals surface area (Å²) in [6.45, 7) is 25.1. The van der Waals surface area contributed by atoms with E-state index in [2.05, 4.69) is 41.5 Å². The van der Waals surface area contributed by atoms with Crippen LogP contribution in [0.5, 0.6) is 11.5 Å². The van der Waals surface area contributed by atoms with Gasteiger partial charge in [-0.25, -0.2) is 9.98 Å². The van der Waals surface area contributed by atoms with Crippen LogP contribution in [0.15, 0.2) is 58.6 Å². The van der Waals surface area contributed by atoms with Gasteiger partial charge in [0, 0.05) is 0 Å². The first-order valence-corrected chi connectivity index (χ1v) is 13.4. The van der Waals surface area contributed by atoms with Crippen molar-refractivity contribution in [3.05, 3.63) is 70.8 Å². The lowest BCUT2D eigenvalue weighted by Crippen LogP contribution is -2.19. The molecule has 2 aromatic rings. The number of allylic oxidation sites excluding steroid dienone is 4. The molecule has 0 spiro atoms. The van der Waals surface area contributed by atoms with Gasteiger partial charge < -0.3 is 10.2 Å². The number of aliphatic imine (C=N–C) groups is 2. The van der Waals surface area contributed by atoms with Gasteiger partial charge in [-0.2, -0.15) is 0 Å². The maximum atomic E-state index is 13.6. The fourth-order valence-corrected chi connectivity index (χ4v) is 4.29. The first-order chi connectivity index (χ1) is 17.2. The highest BCUT2D eigenvalue weighted by Crippen LogP contribution is 2.42. The summed E-state index contributed by atoms with van der Waals surface area (Å²) >= 11 is 0. The minimum absolute atomic E-state index is 0.0745. The van der Waals surface area contributed by atoms with Crippen molar-refractivity contribution < 1.29 is 10.2 Å². The molecule has 0 radical (unpaired) electrons. The second-order valence-electron chi connectivity index (χ2n) is 14.5. The number of benzene rings is 2. The monoisotopic (exact) mass is 512 g/mol. The van der Waals surface area contributed by atoms with E-state index < -0.39 is 0 Å². The Labute approximate surface area is 230 Å². The van der Waals surface area contributed by atoms with Crippen LogP contribution in [-0.4, -0.2) is 11.4 Å². The van der Waals surface area contributed by atoms with Gasteiger partial charge in [0.2, 0.25) is 0 Å². The minimum Gasteiger partial charge on any atom is -0.871 e. The molecule has 0 saturated carbocycles. The van der Waals surface area contributed by atoms with Crippen molar-refractivity contribution in [3.8, 4) is 11.5 Å². The molecule has 3 rings (SSSR count). The molecule has 0 aliphatic heterocycles. The molecule has 204 valence electrons. The highest BCUT2D eigenvalue weighted by atomic mass is 16.3. The third-order valence-corrected chi connectivity index (χ3v) is 6.85. The van der Waals surface area contributed by atoms with E-state index in [0.717, 1.165) is 22.3 Å². The highest BCUT2D eigenvalue weighted by Gasteiger charge is 2.24. The highest BCUT2D eigenvalue weighted by molar-refractivity contribution is 6.51. The Hall–Kier alpha value is -3.14. The fraction of sp³-hybridized carbons (Fsp3) is 0.471. The Bertz CT molecular complexity index is 1240. The molecule has 38 heavy (non-hydrogen) atoms. The van der Waals surface area contributed by atoms with E-state index in [1.165, 1.54) is 0 Å². The average molecular weight is 513 g/mol. The smallest absolute Gasteiger partial charge is 0.0893 e. The molecular formula is C34H44N2O2-2. The predicted octanol–water partition coefficient (Wildman–Crippen LogP) is 8.00. The fourth-order valence-electron chi connectivity index (χ4n) is 4.29. The zero-order chi connectivity index (χ0) is 28.8. The van der Waals surface area contributed by atoms with Crippen LogP contribution in [0.1, 0.15) is 105 Å². The molecule has 0 saturated heterocycles. The third kappa shape index (κ3) is 6.46. The Kier molecular flexibility index (Phi) is 7.64. The van der Waals surface area contributed by atoms with Crippen molar-refractivity contribution >= 4 is 22.8 Å². The van der Waals surface area contributed by atoms with Gasteiger partial charge in [-0.15, -0.1) is 0 Å². The lowest BCUT2D eigenvalue weighted by molar-refractivity contribution is -0.269. The van der Waals surface area contributed by atoms with Crippen LogP contribution >= 0.6 is 0 Å². The summed E-state index contributed by atoms with van der Waals surface area (Å²) in [4.78, 5) is 9.70. The molecule has 0 aromatic heterocycles. The van der Waals surface area contributed by atoms with Crippen LogP contribution in [0.4, 0.5) is 11.4 Å². The molecule has 2 aromatic carbocycles. The lowest BCUT2D eigenvalue weighted by atomic mass is 9.79. The van der Waals surface area contributed by atoms with E-state index in [1.54, 1.807) is 0 Å². The zero-order valence-corrected chi connectivity index (χ0v) is 25.3. The quantitative estimate of drug-likeness (QED) is 0.383. The van der Waals surface area contributed by atoms with Gasteiger partial charge in [0.15, 0.2) is 0 Å². The SMILES string of the molecule is CC(C)(C)c1cc(N=C2C=CC=CC2=Nc2cc(C(C)(C)C)cc(C(C)(C)C)c2[O-])c([O-])c(C(C)(C)C)c1. The summed E-state index contributed by atoms with van der Waals surface area (Å²) in [5, 5.41) is 27.1. The number of hydrogen-bond acceptors (Lipinski definition) is 4. The average Bonchev–Trinajstić information content (AvgIpc) is 2.74. The summed E-state index contributed by atoms with van der Waals surface area (Å²) in [7, 11) is 0. The van der Waals surface area contributed by atoms with Gasteiger partial charge in [-0.05, 0) is 68.2 Å². The largest absolute Gasteiger partial charge is 0.871 e. The maximum Gasteiger partial charge on any atom is 0.0893 e. The van der Waals surface area contributed by atoms with Crippen molar-refractivity contribution in [2.45, 2.75) is 105 Å². The molecule has 0 bridgehead atoms. The van der Waals surface area contributed by atoms with E-state index in [0.29, 0.717) is 22.8 Å². The van der Waals surface area contributed by atoms with E-state index in [4.69, 9.17) is 9.98 Å².